The molecule has 0 unspecified atom stereocenters. The summed E-state index contributed by atoms with van der Waals surface area (Å²) in [7, 11) is 0. The summed E-state index contributed by atoms with van der Waals surface area (Å²) in [5.74, 6) is -0.544. The number of hydrogen-bond acceptors (Lipinski definition) is 5. The second-order valence-corrected chi connectivity index (χ2v) is 5.92. The van der Waals surface area contributed by atoms with Crippen molar-refractivity contribution >= 4 is 16.7 Å². The lowest BCUT2D eigenvalue weighted by atomic mass is 10.0. The van der Waals surface area contributed by atoms with E-state index in [1.54, 1.807) is 6.07 Å². The first-order valence-corrected chi connectivity index (χ1v) is 7.25. The Bertz CT molecular complexity index is 752. The van der Waals surface area contributed by atoms with Gasteiger partial charge in [0, 0.05) is 5.39 Å². The van der Waals surface area contributed by atoms with Gasteiger partial charge in [-0.25, -0.2) is 4.79 Å². The number of rotatable bonds is 1. The Morgan fingerprint density at radius 3 is 2.68 bits per heavy atom. The highest BCUT2D eigenvalue weighted by Gasteiger charge is 2.43. The van der Waals surface area contributed by atoms with Gasteiger partial charge in [0.1, 0.15) is 11.3 Å². The van der Waals surface area contributed by atoms with E-state index in [0.29, 0.717) is 17.9 Å². The van der Waals surface area contributed by atoms with E-state index >= 15 is 0 Å². The van der Waals surface area contributed by atoms with E-state index < -0.39 is 24.2 Å². The Morgan fingerprint density at radius 1 is 1.09 bits per heavy atom. The molecule has 0 aliphatic carbocycles. The average molecular weight is 300 g/mol. The zero-order valence-corrected chi connectivity index (χ0v) is 12.4. The molecule has 2 aromatic carbocycles. The van der Waals surface area contributed by atoms with Crippen LogP contribution >= 0.6 is 0 Å². The van der Waals surface area contributed by atoms with Crippen LogP contribution in [0.1, 0.15) is 24.2 Å². The van der Waals surface area contributed by atoms with Crippen LogP contribution in [0.4, 0.5) is 0 Å². The largest absolute Gasteiger partial charge is 0.450 e. The van der Waals surface area contributed by atoms with Crippen molar-refractivity contribution in [2.45, 2.75) is 32.0 Å². The van der Waals surface area contributed by atoms with Gasteiger partial charge in [-0.1, -0.05) is 30.3 Å². The van der Waals surface area contributed by atoms with Crippen molar-refractivity contribution in [3.05, 3.63) is 42.0 Å². The Labute approximate surface area is 127 Å². The topological polar surface area (TPSA) is 54.0 Å². The Balaban J connectivity index is 1.73. The summed E-state index contributed by atoms with van der Waals surface area (Å²) in [5.41, 5.74) is 0.438. The lowest BCUT2D eigenvalue weighted by Gasteiger charge is -2.29. The Hall–Kier alpha value is -2.11. The standard InChI is InChI=1S/C17H16O5/c1-17(2)19-9-13(22-17)16-20-14-11-6-4-3-5-10(11)7-8-12(14)15(18)21-16/h3-8,13,16H,9H2,1-2H3/t13-,16+/m1/s1. The second-order valence-electron chi connectivity index (χ2n) is 5.92. The SMILES string of the molecule is CC1(C)OC[C@H]([C@@H]2OC(=O)c3ccc4ccccc4c3O2)O1. The zero-order valence-electron chi connectivity index (χ0n) is 12.4. The molecule has 0 radical (unpaired) electrons. The van der Waals surface area contributed by atoms with E-state index in [4.69, 9.17) is 18.9 Å². The van der Waals surface area contributed by atoms with Gasteiger partial charge in [-0.3, -0.25) is 0 Å². The van der Waals surface area contributed by atoms with Crippen molar-refractivity contribution in [2.24, 2.45) is 0 Å². The summed E-state index contributed by atoms with van der Waals surface area (Å²) in [6.45, 7) is 3.97. The number of cyclic esters (lactones) is 1. The lowest BCUT2D eigenvalue weighted by molar-refractivity contribution is -0.179. The smallest absolute Gasteiger partial charge is 0.345 e. The van der Waals surface area contributed by atoms with Crippen LogP contribution < -0.4 is 4.74 Å². The molecule has 2 aliphatic rings. The van der Waals surface area contributed by atoms with Crippen LogP contribution in [0.2, 0.25) is 0 Å². The van der Waals surface area contributed by atoms with Crippen LogP contribution in [-0.2, 0) is 14.2 Å². The molecule has 0 amide bonds. The van der Waals surface area contributed by atoms with Gasteiger partial charge >= 0.3 is 5.97 Å². The van der Waals surface area contributed by atoms with Gasteiger partial charge < -0.3 is 18.9 Å². The van der Waals surface area contributed by atoms with E-state index in [0.717, 1.165) is 10.8 Å². The van der Waals surface area contributed by atoms with E-state index in [2.05, 4.69) is 0 Å². The molecule has 1 fully saturated rings. The number of carbonyl (C=O) groups excluding carboxylic acids is 1. The maximum absolute atomic E-state index is 12.3. The van der Waals surface area contributed by atoms with Crippen molar-refractivity contribution in [1.82, 2.24) is 0 Å². The molecule has 2 aromatic rings. The molecule has 0 bridgehead atoms. The maximum atomic E-state index is 12.3. The molecule has 22 heavy (non-hydrogen) atoms. The fourth-order valence-corrected chi connectivity index (χ4v) is 2.84. The van der Waals surface area contributed by atoms with Gasteiger partial charge in [-0.15, -0.1) is 0 Å². The predicted octanol–water partition coefficient (Wildman–Crippen LogP) is 2.87. The van der Waals surface area contributed by atoms with E-state index in [1.807, 2.05) is 44.2 Å². The number of esters is 1. The Morgan fingerprint density at radius 2 is 1.91 bits per heavy atom. The summed E-state index contributed by atoms with van der Waals surface area (Å²) < 4.78 is 22.6. The molecule has 2 heterocycles. The van der Waals surface area contributed by atoms with Gasteiger partial charge in [-0.2, -0.15) is 0 Å². The molecule has 5 nitrogen and oxygen atoms in total. The second kappa shape index (κ2) is 4.69. The van der Waals surface area contributed by atoms with Crippen molar-refractivity contribution in [3.63, 3.8) is 0 Å². The van der Waals surface area contributed by atoms with Gasteiger partial charge in [0.15, 0.2) is 11.9 Å². The van der Waals surface area contributed by atoms with Crippen LogP contribution in [0.3, 0.4) is 0 Å². The third-order valence-electron chi connectivity index (χ3n) is 3.89. The molecule has 1 saturated heterocycles. The molecule has 2 atom stereocenters. The fourth-order valence-electron chi connectivity index (χ4n) is 2.84. The molecular weight excluding hydrogens is 284 g/mol. The molecule has 114 valence electrons. The highest BCUT2D eigenvalue weighted by molar-refractivity contribution is 6.02. The van der Waals surface area contributed by atoms with E-state index in [-0.39, 0.29) is 0 Å². The van der Waals surface area contributed by atoms with Crippen LogP contribution in [0.15, 0.2) is 36.4 Å². The predicted molar refractivity (Wildman–Crippen MR) is 78.7 cm³/mol. The summed E-state index contributed by atoms with van der Waals surface area (Å²) in [6.07, 6.45) is -1.24. The molecule has 0 N–H and O–H groups in total. The minimum atomic E-state index is -0.799. The summed E-state index contributed by atoms with van der Waals surface area (Å²) in [6, 6.07) is 11.4. The molecule has 0 aromatic heterocycles. The summed E-state index contributed by atoms with van der Waals surface area (Å²) in [4.78, 5) is 12.3. The minimum absolute atomic E-state index is 0.324. The van der Waals surface area contributed by atoms with Crippen molar-refractivity contribution in [3.8, 4) is 5.75 Å². The number of carbonyl (C=O) groups is 1. The van der Waals surface area contributed by atoms with Crippen molar-refractivity contribution < 1.29 is 23.7 Å². The van der Waals surface area contributed by atoms with Gasteiger partial charge in [0.05, 0.1) is 6.61 Å². The zero-order chi connectivity index (χ0) is 15.3. The first-order valence-electron chi connectivity index (χ1n) is 7.25. The first kappa shape index (κ1) is 13.5. The maximum Gasteiger partial charge on any atom is 0.345 e. The molecule has 0 saturated carbocycles. The van der Waals surface area contributed by atoms with Gasteiger partial charge in [0.2, 0.25) is 0 Å². The normalized spacial score (nSPS) is 26.4. The fraction of sp³-hybridized carbons (Fsp3) is 0.353. The molecule has 4 rings (SSSR count). The highest BCUT2D eigenvalue weighted by atomic mass is 16.8. The summed E-state index contributed by atoms with van der Waals surface area (Å²) >= 11 is 0. The number of hydrogen-bond donors (Lipinski definition) is 0. The van der Waals surface area contributed by atoms with Crippen LogP contribution in [0.25, 0.3) is 10.8 Å². The molecular formula is C17H16O5. The monoisotopic (exact) mass is 300 g/mol. The van der Waals surface area contributed by atoms with Crippen LogP contribution in [-0.4, -0.2) is 30.8 Å². The van der Waals surface area contributed by atoms with Crippen molar-refractivity contribution in [2.75, 3.05) is 6.61 Å². The summed E-state index contributed by atoms with van der Waals surface area (Å²) in [5, 5.41) is 1.90. The third kappa shape index (κ3) is 2.14. The Kier molecular flexibility index (Phi) is 2.89. The number of ether oxygens (including phenoxy) is 4. The van der Waals surface area contributed by atoms with E-state index in [1.165, 1.54) is 0 Å². The van der Waals surface area contributed by atoms with Crippen molar-refractivity contribution in [1.29, 1.82) is 0 Å². The minimum Gasteiger partial charge on any atom is -0.450 e. The lowest BCUT2D eigenvalue weighted by Crippen LogP contribution is -2.41. The van der Waals surface area contributed by atoms with Gasteiger partial charge in [0.25, 0.3) is 6.29 Å². The van der Waals surface area contributed by atoms with Gasteiger partial charge in [-0.05, 0) is 25.3 Å². The third-order valence-corrected chi connectivity index (χ3v) is 3.89. The first-order chi connectivity index (χ1) is 10.5. The highest BCUT2D eigenvalue weighted by Crippen LogP contribution is 2.37. The molecule has 0 spiro atoms. The van der Waals surface area contributed by atoms with E-state index in [9.17, 15) is 4.79 Å². The van der Waals surface area contributed by atoms with Crippen LogP contribution in [0.5, 0.6) is 5.75 Å². The number of benzene rings is 2. The molecule has 5 heteroatoms. The van der Waals surface area contributed by atoms with Crippen LogP contribution in [0, 0.1) is 0 Å². The average Bonchev–Trinajstić information content (AvgIpc) is 2.87. The molecule has 2 aliphatic heterocycles. The number of fused-ring (bicyclic) bond motifs is 3. The quantitative estimate of drug-likeness (QED) is 0.758.